The van der Waals surface area contributed by atoms with Crippen molar-refractivity contribution in [1.82, 2.24) is 14.8 Å². The first-order valence-electron chi connectivity index (χ1n) is 10.9. The average molecular weight is 462 g/mol. The van der Waals surface area contributed by atoms with Crippen molar-refractivity contribution in [3.8, 4) is 5.88 Å². The Hall–Kier alpha value is -2.61. The predicted molar refractivity (Wildman–Crippen MR) is 126 cm³/mol. The van der Waals surface area contributed by atoms with E-state index < -0.39 is 11.5 Å². The standard InChI is InChI=1S/C23H32ClN5O3/c1-13-9-17(14(2)15(3)23(13,4)5)28-18-11-26-29(22(31)21(18)24)12-19(30)27-16-7-8-20(32-6)25-10-16/h7-8,10-11,13-15,17,28H,9,12H2,1-6H3,(H,27,30)/t13-,14+,15+,17+/m0/s1. The number of anilines is 2. The fraction of sp³-hybridized carbons (Fsp3) is 0.565. The van der Waals surface area contributed by atoms with Gasteiger partial charge in [0.1, 0.15) is 11.6 Å². The third kappa shape index (κ3) is 4.90. The SMILES string of the molecule is COc1ccc(NC(=O)Cn2ncc(N[C@@H]3C[C@H](C)C(C)(C)[C@H](C)[C@H]3C)c(Cl)c2=O)cn1. The zero-order valence-electron chi connectivity index (χ0n) is 19.5. The summed E-state index contributed by atoms with van der Waals surface area (Å²) in [6, 6.07) is 3.48. The number of methoxy groups -OCH3 is 1. The summed E-state index contributed by atoms with van der Waals surface area (Å²) >= 11 is 6.38. The van der Waals surface area contributed by atoms with Crippen molar-refractivity contribution in [2.75, 3.05) is 17.7 Å². The molecule has 2 aromatic heterocycles. The summed E-state index contributed by atoms with van der Waals surface area (Å²) in [5.41, 5.74) is 0.731. The minimum absolute atomic E-state index is 0.0382. The third-order valence-corrected chi connectivity index (χ3v) is 7.69. The van der Waals surface area contributed by atoms with E-state index in [-0.39, 0.29) is 23.0 Å². The number of amides is 1. The Bertz CT molecular complexity index is 1020. The van der Waals surface area contributed by atoms with Crippen LogP contribution in [0.5, 0.6) is 5.88 Å². The van der Waals surface area contributed by atoms with Crippen LogP contribution in [0.1, 0.15) is 41.0 Å². The molecule has 1 aliphatic carbocycles. The van der Waals surface area contributed by atoms with Gasteiger partial charge in [0, 0.05) is 12.1 Å². The molecule has 3 rings (SSSR count). The summed E-state index contributed by atoms with van der Waals surface area (Å²) in [5.74, 6) is 1.47. The number of pyridine rings is 1. The second-order valence-corrected chi connectivity index (χ2v) is 9.71. The minimum atomic E-state index is -0.510. The molecular formula is C23H32ClN5O3. The fourth-order valence-corrected chi connectivity index (χ4v) is 4.55. The van der Waals surface area contributed by atoms with Crippen LogP contribution in [0, 0.1) is 23.2 Å². The van der Waals surface area contributed by atoms with Gasteiger partial charge in [-0.25, -0.2) is 9.67 Å². The number of aromatic nitrogens is 3. The number of nitrogens with one attached hydrogen (secondary N) is 2. The number of halogens is 1. The van der Waals surface area contributed by atoms with Crippen molar-refractivity contribution in [2.45, 2.75) is 53.6 Å². The first-order chi connectivity index (χ1) is 15.0. The first kappa shape index (κ1) is 24.0. The highest BCUT2D eigenvalue weighted by atomic mass is 35.5. The molecule has 1 amide bonds. The highest BCUT2D eigenvalue weighted by molar-refractivity contribution is 6.32. The molecule has 8 nitrogen and oxygen atoms in total. The van der Waals surface area contributed by atoms with Crippen LogP contribution >= 0.6 is 11.6 Å². The smallest absolute Gasteiger partial charge is 0.288 e. The van der Waals surface area contributed by atoms with Crippen molar-refractivity contribution in [3.05, 3.63) is 39.9 Å². The molecule has 1 saturated carbocycles. The van der Waals surface area contributed by atoms with Crippen LogP contribution in [-0.4, -0.2) is 33.8 Å². The molecule has 1 fully saturated rings. The van der Waals surface area contributed by atoms with Crippen LogP contribution in [-0.2, 0) is 11.3 Å². The number of carbonyl (C=O) groups is 1. The number of rotatable bonds is 6. The Morgan fingerprint density at radius 1 is 1.28 bits per heavy atom. The summed E-state index contributed by atoms with van der Waals surface area (Å²) in [6.07, 6.45) is 3.98. The average Bonchev–Trinajstić information content (AvgIpc) is 2.76. The number of ether oxygens (including phenoxy) is 1. The van der Waals surface area contributed by atoms with E-state index in [1.165, 1.54) is 19.5 Å². The van der Waals surface area contributed by atoms with E-state index >= 15 is 0 Å². The van der Waals surface area contributed by atoms with Gasteiger partial charge in [-0.05, 0) is 35.7 Å². The second kappa shape index (κ2) is 9.48. The minimum Gasteiger partial charge on any atom is -0.481 e. The van der Waals surface area contributed by atoms with Crippen molar-refractivity contribution in [2.24, 2.45) is 23.2 Å². The molecule has 0 spiro atoms. The molecule has 0 unspecified atom stereocenters. The lowest BCUT2D eigenvalue weighted by Crippen LogP contribution is -2.48. The van der Waals surface area contributed by atoms with Gasteiger partial charge in [0.2, 0.25) is 11.8 Å². The number of hydrogen-bond acceptors (Lipinski definition) is 6. The van der Waals surface area contributed by atoms with Gasteiger partial charge in [-0.3, -0.25) is 9.59 Å². The van der Waals surface area contributed by atoms with Gasteiger partial charge in [-0.1, -0.05) is 46.2 Å². The van der Waals surface area contributed by atoms with E-state index in [0.717, 1.165) is 11.1 Å². The topological polar surface area (TPSA) is 98.1 Å². The lowest BCUT2D eigenvalue weighted by molar-refractivity contribution is -0.117. The maximum absolute atomic E-state index is 12.7. The van der Waals surface area contributed by atoms with Crippen LogP contribution in [0.2, 0.25) is 5.02 Å². The number of carbonyl (C=O) groups excluding carboxylic acids is 1. The monoisotopic (exact) mass is 461 g/mol. The van der Waals surface area contributed by atoms with Gasteiger partial charge in [0.05, 0.1) is 30.9 Å². The fourth-order valence-electron chi connectivity index (χ4n) is 4.35. The van der Waals surface area contributed by atoms with Crippen molar-refractivity contribution in [3.63, 3.8) is 0 Å². The molecule has 4 atom stereocenters. The molecule has 9 heteroatoms. The van der Waals surface area contributed by atoms with E-state index in [2.05, 4.69) is 55.3 Å². The van der Waals surface area contributed by atoms with Crippen LogP contribution in [0.15, 0.2) is 29.3 Å². The van der Waals surface area contributed by atoms with Crippen LogP contribution < -0.4 is 20.9 Å². The molecule has 0 bridgehead atoms. The van der Waals surface area contributed by atoms with Gasteiger partial charge >= 0.3 is 0 Å². The Kier molecular flexibility index (Phi) is 7.12. The molecule has 1 aliphatic rings. The normalized spacial score (nSPS) is 24.6. The lowest BCUT2D eigenvalue weighted by atomic mass is 9.58. The molecule has 0 aromatic carbocycles. The van der Waals surface area contributed by atoms with Crippen LogP contribution in [0.3, 0.4) is 0 Å². The van der Waals surface area contributed by atoms with Crippen LogP contribution in [0.4, 0.5) is 11.4 Å². The van der Waals surface area contributed by atoms with Crippen LogP contribution in [0.25, 0.3) is 0 Å². The molecule has 32 heavy (non-hydrogen) atoms. The molecular weight excluding hydrogens is 430 g/mol. The van der Waals surface area contributed by atoms with Gasteiger partial charge < -0.3 is 15.4 Å². The molecule has 174 valence electrons. The van der Waals surface area contributed by atoms with Crippen molar-refractivity contribution >= 4 is 28.9 Å². The van der Waals surface area contributed by atoms with E-state index in [9.17, 15) is 9.59 Å². The highest BCUT2D eigenvalue weighted by Crippen LogP contribution is 2.48. The summed E-state index contributed by atoms with van der Waals surface area (Å²) in [5, 5.41) is 10.3. The zero-order valence-corrected chi connectivity index (χ0v) is 20.2. The maximum atomic E-state index is 12.7. The Balaban J connectivity index is 1.69. The number of hydrogen-bond donors (Lipinski definition) is 2. The summed E-state index contributed by atoms with van der Waals surface area (Å²) in [6.45, 7) is 11.2. The van der Waals surface area contributed by atoms with Gasteiger partial charge in [0.25, 0.3) is 5.56 Å². The highest BCUT2D eigenvalue weighted by Gasteiger charge is 2.43. The predicted octanol–water partition coefficient (Wildman–Crippen LogP) is 4.06. The van der Waals surface area contributed by atoms with Crippen molar-refractivity contribution in [1.29, 1.82) is 0 Å². The molecule has 0 saturated heterocycles. The van der Waals surface area contributed by atoms with Gasteiger partial charge in [-0.2, -0.15) is 5.10 Å². The van der Waals surface area contributed by atoms with Gasteiger partial charge in [-0.15, -0.1) is 0 Å². The quantitative estimate of drug-likeness (QED) is 0.673. The van der Waals surface area contributed by atoms with E-state index in [4.69, 9.17) is 16.3 Å². The van der Waals surface area contributed by atoms with Crippen molar-refractivity contribution < 1.29 is 9.53 Å². The molecule has 0 aliphatic heterocycles. The van der Waals surface area contributed by atoms with Gasteiger partial charge in [0.15, 0.2) is 0 Å². The van der Waals surface area contributed by atoms with E-state index in [1.54, 1.807) is 12.1 Å². The summed E-state index contributed by atoms with van der Waals surface area (Å²) < 4.78 is 6.05. The molecule has 2 N–H and O–H groups in total. The Morgan fingerprint density at radius 3 is 2.62 bits per heavy atom. The maximum Gasteiger partial charge on any atom is 0.288 e. The number of nitrogens with zero attached hydrogens (tertiary/aromatic N) is 3. The molecule has 0 radical (unpaired) electrons. The Morgan fingerprint density at radius 2 is 2.00 bits per heavy atom. The molecule has 2 aromatic rings. The van der Waals surface area contributed by atoms with E-state index in [0.29, 0.717) is 35.0 Å². The zero-order chi connectivity index (χ0) is 23.6. The van der Waals surface area contributed by atoms with E-state index in [1.807, 2.05) is 0 Å². The summed E-state index contributed by atoms with van der Waals surface area (Å²) in [4.78, 5) is 29.1. The largest absolute Gasteiger partial charge is 0.481 e. The Labute approximate surface area is 193 Å². The lowest BCUT2D eigenvalue weighted by Gasteiger charge is -2.50. The first-order valence-corrected chi connectivity index (χ1v) is 11.2. The molecule has 2 heterocycles. The summed E-state index contributed by atoms with van der Waals surface area (Å²) in [7, 11) is 1.51. The second-order valence-electron chi connectivity index (χ2n) is 9.33. The third-order valence-electron chi connectivity index (χ3n) is 7.32.